The zero-order valence-electron chi connectivity index (χ0n) is 41.7. The number of nitrogens with two attached hydrogens (primary N) is 3. The highest BCUT2D eigenvalue weighted by Crippen LogP contribution is 2.39. The zero-order valence-corrected chi connectivity index (χ0v) is 48.1. The molecule has 1 aliphatic rings. The van der Waals surface area contributed by atoms with Crippen molar-refractivity contribution in [3.8, 4) is 0 Å². The predicted molar refractivity (Wildman–Crippen MR) is 311 cm³/mol. The molecule has 0 spiro atoms. The zero-order chi connectivity index (χ0) is 50.5. The third kappa shape index (κ3) is 13.9. The van der Waals surface area contributed by atoms with Crippen LogP contribution in [0.2, 0.25) is 0 Å². The van der Waals surface area contributed by atoms with Gasteiger partial charge in [-0.2, -0.15) is 0 Å². The Hall–Kier alpha value is -4.47. The van der Waals surface area contributed by atoms with Gasteiger partial charge in [0, 0.05) is 57.3 Å². The quantitative estimate of drug-likeness (QED) is 0.164. The van der Waals surface area contributed by atoms with E-state index in [1.807, 2.05) is 78.9 Å². The van der Waals surface area contributed by atoms with E-state index in [-0.39, 0.29) is 27.4 Å². The summed E-state index contributed by atoms with van der Waals surface area (Å²) in [4.78, 5) is 0. The first-order chi connectivity index (χ1) is 31.6. The average molecular weight is 1160 g/mol. The van der Waals surface area contributed by atoms with Gasteiger partial charge in [0.2, 0.25) is 0 Å². The molecule has 0 aliphatic heterocycles. The van der Waals surface area contributed by atoms with Gasteiger partial charge in [0.05, 0.1) is 5.71 Å². The summed E-state index contributed by atoms with van der Waals surface area (Å²) in [5.41, 5.74) is 34.8. The van der Waals surface area contributed by atoms with E-state index < -0.39 is 0 Å². The average Bonchev–Trinajstić information content (AvgIpc) is 3.23. The van der Waals surface area contributed by atoms with E-state index in [1.165, 1.54) is 22.3 Å². The summed E-state index contributed by atoms with van der Waals surface area (Å²) in [5, 5.41) is 9.63. The van der Waals surface area contributed by atoms with Gasteiger partial charge in [0.25, 0.3) is 0 Å². The number of nitrogens with one attached hydrogen (secondary N) is 1. The fraction of sp³-hybridized carbons (Fsp3) is 0.283. The van der Waals surface area contributed by atoms with Crippen LogP contribution in [-0.4, -0.2) is 5.71 Å². The highest BCUT2D eigenvalue weighted by atomic mass is 79.9. The molecule has 0 amide bonds. The number of benzene rings is 4. The Morgan fingerprint density at radius 2 is 0.853 bits per heavy atom. The lowest BCUT2D eigenvalue weighted by atomic mass is 9.78. The monoisotopic (exact) mass is 1160 g/mol. The number of allylic oxidation sites excluding steroid dienone is 15. The predicted octanol–water partition coefficient (Wildman–Crippen LogP) is 17.6. The first-order valence-corrected chi connectivity index (χ1v) is 26.1. The lowest BCUT2D eigenvalue weighted by Crippen LogP contribution is -2.17. The Bertz CT molecular complexity index is 2760. The molecule has 68 heavy (non-hydrogen) atoms. The minimum atomic E-state index is -0.0973. The third-order valence-corrected chi connectivity index (χ3v) is 14.5. The van der Waals surface area contributed by atoms with Crippen LogP contribution in [0.1, 0.15) is 134 Å². The van der Waals surface area contributed by atoms with Crippen molar-refractivity contribution >= 4 is 91.7 Å². The third-order valence-electron chi connectivity index (χ3n) is 11.9. The second-order valence-electron chi connectivity index (χ2n) is 21.5. The van der Waals surface area contributed by atoms with E-state index >= 15 is 0 Å². The first kappa shape index (κ1) is 54.5. The van der Waals surface area contributed by atoms with Crippen LogP contribution in [0.5, 0.6) is 0 Å². The van der Waals surface area contributed by atoms with Gasteiger partial charge in [0.1, 0.15) is 0 Å². The van der Waals surface area contributed by atoms with Crippen LogP contribution >= 0.6 is 63.7 Å². The van der Waals surface area contributed by atoms with E-state index in [0.717, 1.165) is 51.3 Å². The maximum atomic E-state index is 9.63. The SMILES string of the molecule is CC(C)(C)c1cc(C2=C\C=C/C(=N)/C(c3c(Br)cccc3Br)=C(N)/C=C\C=C(/c3cc(C(C)(C)C)cc(C(C)(C)C)c3)C/C=C\C(N)=C(c3c(Br)cccc3Br)\C(N)=C\C=C\2)cc(C(C)(C)C)c1. The number of hydrogen-bond acceptors (Lipinski definition) is 4. The standard InChI is InChI=1S/C60H68Br4N4/c1-57(2,3)41-31-39(32-42(35-41)58(4,5)6)37-19-13-27-49(65)55(53-45(61)23-17-24-46(53)62)51(67)29-15-21-38(40-33-43(59(7,8)9)36-44(34-40)60(10,11)12)22-16-30-52(68)56(50(66)28-14-20-37)54-47(63)25-18-26-48(54)64/h13-21,23-36,65H,22,66-68H2,1-12H3/b20-14+,27-13-,29-15-,30-16-,37-19-,38-21-,50-28-,55-51+,56-52+,65-49?. The fourth-order valence-corrected chi connectivity index (χ4v) is 10.4. The Morgan fingerprint density at radius 3 is 1.31 bits per heavy atom. The minimum Gasteiger partial charge on any atom is -0.398 e. The highest BCUT2D eigenvalue weighted by molar-refractivity contribution is 9.11. The molecule has 8 heteroatoms. The Balaban J connectivity index is 1.87. The summed E-state index contributed by atoms with van der Waals surface area (Å²) in [6, 6.07) is 25.6. The van der Waals surface area contributed by atoms with E-state index in [0.29, 0.717) is 34.7 Å². The molecule has 0 atom stereocenters. The lowest BCUT2D eigenvalue weighted by molar-refractivity contribution is 0.567. The Labute approximate surface area is 441 Å². The summed E-state index contributed by atoms with van der Waals surface area (Å²) >= 11 is 15.2. The molecule has 356 valence electrons. The van der Waals surface area contributed by atoms with Gasteiger partial charge in [-0.15, -0.1) is 0 Å². The Morgan fingerprint density at radius 1 is 0.456 bits per heavy atom. The van der Waals surface area contributed by atoms with Gasteiger partial charge >= 0.3 is 0 Å². The van der Waals surface area contributed by atoms with Crippen molar-refractivity contribution in [1.82, 2.24) is 0 Å². The van der Waals surface area contributed by atoms with Crippen LogP contribution in [0.15, 0.2) is 175 Å². The summed E-state index contributed by atoms with van der Waals surface area (Å²) in [5.74, 6) is 0. The van der Waals surface area contributed by atoms with Gasteiger partial charge in [-0.3, -0.25) is 0 Å². The molecule has 0 heterocycles. The molecule has 0 saturated carbocycles. The number of rotatable bonds is 4. The number of hydrogen-bond donors (Lipinski definition) is 4. The molecule has 0 unspecified atom stereocenters. The molecule has 0 saturated heterocycles. The minimum absolute atomic E-state index is 0.0829. The van der Waals surface area contributed by atoms with Crippen LogP contribution in [-0.2, 0) is 21.7 Å². The summed E-state index contributed by atoms with van der Waals surface area (Å²) in [6.07, 6.45) is 22.3. The topological polar surface area (TPSA) is 102 Å². The van der Waals surface area contributed by atoms with Crippen LogP contribution in [0.25, 0.3) is 22.3 Å². The fourth-order valence-electron chi connectivity index (χ4n) is 7.65. The van der Waals surface area contributed by atoms with Crippen molar-refractivity contribution in [1.29, 1.82) is 5.41 Å². The molecule has 0 bridgehead atoms. The normalized spacial score (nSPS) is 21.7. The van der Waals surface area contributed by atoms with E-state index in [1.54, 1.807) is 6.08 Å². The van der Waals surface area contributed by atoms with Crippen molar-refractivity contribution < 1.29 is 0 Å². The van der Waals surface area contributed by atoms with Crippen LogP contribution in [0.4, 0.5) is 0 Å². The highest BCUT2D eigenvalue weighted by Gasteiger charge is 2.24. The van der Waals surface area contributed by atoms with E-state index in [4.69, 9.17) is 17.2 Å². The number of halogens is 4. The van der Waals surface area contributed by atoms with Crippen molar-refractivity contribution in [2.75, 3.05) is 0 Å². The second-order valence-corrected chi connectivity index (χ2v) is 24.9. The second kappa shape index (κ2) is 22.1. The van der Waals surface area contributed by atoms with Gasteiger partial charge < -0.3 is 22.6 Å². The van der Waals surface area contributed by atoms with E-state index in [2.05, 4.69) is 201 Å². The summed E-state index contributed by atoms with van der Waals surface area (Å²) < 4.78 is 3.35. The molecule has 0 aromatic heterocycles. The van der Waals surface area contributed by atoms with Crippen LogP contribution in [0, 0.1) is 5.41 Å². The van der Waals surface area contributed by atoms with Gasteiger partial charge in [-0.25, -0.2) is 0 Å². The summed E-state index contributed by atoms with van der Waals surface area (Å²) in [7, 11) is 0. The van der Waals surface area contributed by atoms with Gasteiger partial charge in [-0.05, 0) is 121 Å². The van der Waals surface area contributed by atoms with Gasteiger partial charge in [0.15, 0.2) is 0 Å². The van der Waals surface area contributed by atoms with Crippen molar-refractivity contribution in [2.24, 2.45) is 17.2 Å². The molecule has 5 rings (SSSR count). The van der Waals surface area contributed by atoms with Crippen LogP contribution < -0.4 is 17.2 Å². The molecule has 7 N–H and O–H groups in total. The molecule has 0 radical (unpaired) electrons. The maximum Gasteiger partial charge on any atom is 0.0639 e. The smallest absolute Gasteiger partial charge is 0.0639 e. The summed E-state index contributed by atoms with van der Waals surface area (Å²) in [6.45, 7) is 26.9. The molecule has 4 aromatic carbocycles. The molecular weight excluding hydrogens is 1100 g/mol. The van der Waals surface area contributed by atoms with Crippen molar-refractivity contribution in [3.05, 3.63) is 219 Å². The molecule has 0 fully saturated rings. The Kier molecular flexibility index (Phi) is 17.7. The molecular formula is C60H68Br4N4. The first-order valence-electron chi connectivity index (χ1n) is 22.9. The molecule has 4 aromatic rings. The lowest BCUT2D eigenvalue weighted by Gasteiger charge is -2.26. The van der Waals surface area contributed by atoms with Crippen LogP contribution in [0.3, 0.4) is 0 Å². The van der Waals surface area contributed by atoms with Crippen molar-refractivity contribution in [2.45, 2.75) is 111 Å². The van der Waals surface area contributed by atoms with Crippen molar-refractivity contribution in [3.63, 3.8) is 0 Å². The van der Waals surface area contributed by atoms with E-state index in [9.17, 15) is 5.41 Å². The maximum absolute atomic E-state index is 9.63. The van der Waals surface area contributed by atoms with Gasteiger partial charge in [-0.1, -0.05) is 238 Å². The largest absolute Gasteiger partial charge is 0.398 e. The molecule has 4 nitrogen and oxygen atoms in total. The molecule has 1 aliphatic carbocycles.